The molecule has 1 aromatic heterocycles. The van der Waals surface area contributed by atoms with Crippen LogP contribution >= 0.6 is 0 Å². The number of non-ortho nitro benzene ring substituents is 1. The number of rotatable bonds is 29. The van der Waals surface area contributed by atoms with Gasteiger partial charge in [-0.15, -0.1) is 0 Å². The molecule has 1 aliphatic rings. The van der Waals surface area contributed by atoms with Crippen LogP contribution in [0, 0.1) is 22.0 Å². The van der Waals surface area contributed by atoms with E-state index in [2.05, 4.69) is 42.2 Å². The number of nitrogens with zero attached hydrogens (tertiary/aromatic N) is 1. The first-order valence-electron chi connectivity index (χ1n) is 29.8. The quantitative estimate of drug-likeness (QED) is 0.00778. The van der Waals surface area contributed by atoms with Crippen LogP contribution in [0.15, 0.2) is 134 Å². The Hall–Kier alpha value is -10.1. The fourth-order valence-corrected chi connectivity index (χ4v) is 10.4. The summed E-state index contributed by atoms with van der Waals surface area (Å²) in [5.74, 6) is -7.51. The van der Waals surface area contributed by atoms with Crippen molar-refractivity contribution in [1.82, 2.24) is 42.2 Å². The van der Waals surface area contributed by atoms with Gasteiger partial charge in [0.1, 0.15) is 54.2 Å². The normalized spacial score (nSPS) is 13.8. The summed E-state index contributed by atoms with van der Waals surface area (Å²) in [6, 6.07) is 27.4. The van der Waals surface area contributed by atoms with Gasteiger partial charge in [0.2, 0.25) is 35.4 Å². The zero-order valence-electron chi connectivity index (χ0n) is 51.3. The highest BCUT2D eigenvalue weighted by Crippen LogP contribution is 2.44. The second kappa shape index (κ2) is 31.2. The Labute approximate surface area is 521 Å². The van der Waals surface area contributed by atoms with E-state index in [9.17, 15) is 53.3 Å². The van der Waals surface area contributed by atoms with Crippen molar-refractivity contribution >= 4 is 70.2 Å². The van der Waals surface area contributed by atoms with E-state index in [4.69, 9.17) is 19.9 Å². The molecule has 0 unspecified atom stereocenters. The van der Waals surface area contributed by atoms with Crippen LogP contribution in [0.5, 0.6) is 5.75 Å². The zero-order valence-corrected chi connectivity index (χ0v) is 51.3. The van der Waals surface area contributed by atoms with Gasteiger partial charge in [-0.05, 0) is 103 Å². The number of alkyl carbamates (subject to hydrolysis) is 2. The predicted molar refractivity (Wildman–Crippen MR) is 334 cm³/mol. The molecule has 0 fully saturated rings. The number of nitrogens with two attached hydrogens (primary N) is 1. The molecule has 0 aliphatic heterocycles. The van der Waals surface area contributed by atoms with Crippen LogP contribution < -0.4 is 47.7 Å². The molecule has 6 aromatic rings. The lowest BCUT2D eigenvalue weighted by Crippen LogP contribution is -2.60. The number of esters is 1. The van der Waals surface area contributed by atoms with Gasteiger partial charge in [-0.3, -0.25) is 38.9 Å². The molecule has 8 amide bonds. The van der Waals surface area contributed by atoms with E-state index in [0.717, 1.165) is 46.5 Å². The van der Waals surface area contributed by atoms with Gasteiger partial charge in [-0.25, -0.2) is 14.4 Å². The van der Waals surface area contributed by atoms with Gasteiger partial charge in [0, 0.05) is 54.5 Å². The number of hydrogen-bond acceptors (Lipinski definition) is 14. The summed E-state index contributed by atoms with van der Waals surface area (Å²) in [5, 5.41) is 30.9. The van der Waals surface area contributed by atoms with Gasteiger partial charge >= 0.3 is 18.2 Å². The first-order valence-corrected chi connectivity index (χ1v) is 29.8. The van der Waals surface area contributed by atoms with E-state index in [1.54, 1.807) is 77.2 Å². The third kappa shape index (κ3) is 19.2. The van der Waals surface area contributed by atoms with Crippen molar-refractivity contribution in [2.75, 3.05) is 13.2 Å². The molecule has 10 N–H and O–H groups in total. The molecular formula is C66H78N10O14. The number of nitro groups is 1. The second-order valence-electron chi connectivity index (χ2n) is 23.8. The highest BCUT2D eigenvalue weighted by Gasteiger charge is 2.37. The highest BCUT2D eigenvalue weighted by atomic mass is 16.6. The summed E-state index contributed by atoms with van der Waals surface area (Å²) in [4.78, 5) is 139. The number of nitro benzene ring substituents is 1. The maximum atomic E-state index is 15.0. The van der Waals surface area contributed by atoms with Crippen molar-refractivity contribution in [2.24, 2.45) is 17.6 Å². The molecule has 1 aliphatic carbocycles. The van der Waals surface area contributed by atoms with Gasteiger partial charge in [-0.2, -0.15) is 0 Å². The van der Waals surface area contributed by atoms with Crippen LogP contribution in [0.1, 0.15) is 102 Å². The average Bonchev–Trinajstić information content (AvgIpc) is 2.33. The summed E-state index contributed by atoms with van der Waals surface area (Å²) in [5.41, 5.74) is 10.3. The van der Waals surface area contributed by atoms with Crippen LogP contribution in [-0.2, 0) is 55.9 Å². The molecule has 90 heavy (non-hydrogen) atoms. The molecule has 0 radical (unpaired) electrons. The number of ether oxygens (including phenoxy) is 3. The summed E-state index contributed by atoms with van der Waals surface area (Å²) in [6.07, 6.45) is -0.908. The molecule has 1 heterocycles. The molecule has 0 saturated heterocycles. The minimum Gasteiger partial charge on any atom is -0.449 e. The highest BCUT2D eigenvalue weighted by molar-refractivity contribution is 5.98. The molecular weight excluding hydrogens is 1160 g/mol. The number of carbonyl (C=O) groups excluding carboxylic acids is 9. The van der Waals surface area contributed by atoms with Crippen molar-refractivity contribution in [3.8, 4) is 16.9 Å². The molecule has 24 nitrogen and oxygen atoms in total. The van der Waals surface area contributed by atoms with E-state index in [-0.39, 0.29) is 68.5 Å². The largest absolute Gasteiger partial charge is 0.449 e. The lowest BCUT2D eigenvalue weighted by atomic mass is 9.98. The van der Waals surface area contributed by atoms with Gasteiger partial charge in [0.05, 0.1) is 11.3 Å². The topological polar surface area (TPSA) is 350 Å². The van der Waals surface area contributed by atoms with Crippen LogP contribution in [-0.4, -0.2) is 119 Å². The van der Waals surface area contributed by atoms with Crippen molar-refractivity contribution in [3.63, 3.8) is 0 Å². The molecule has 0 spiro atoms. The number of nitrogens with one attached hydrogen (secondary N) is 8. The van der Waals surface area contributed by atoms with Crippen molar-refractivity contribution in [3.05, 3.63) is 166 Å². The third-order valence-electron chi connectivity index (χ3n) is 14.8. The number of primary amides is 1. The number of carbonyl (C=O) groups is 9. The minimum absolute atomic E-state index is 0.0159. The Bertz CT molecular complexity index is 3500. The predicted octanol–water partition coefficient (Wildman–Crippen LogP) is 6.68. The fourth-order valence-electron chi connectivity index (χ4n) is 10.4. The fraction of sp³-hybridized carbons (Fsp3) is 0.379. The molecule has 0 saturated carbocycles. The SMILES string of the molecule is CC(C)C[C@H](NC(=O)[C@H](CCCNC(=O)OC(C)(C)C)NC(=O)[C@@H](NC(=O)OCC1c2ccccc2-c2ccccc21)C(C)C)C(=O)N[C@@H](Cc1c[nH]c2ccccc12)C(=O)N[C@H](Cc1ccccc1)C(=O)N[C@H](CC(N)=O)C(=O)Oc1ccc([N+](=O)[O-])cc1. The van der Waals surface area contributed by atoms with Crippen molar-refractivity contribution < 1.29 is 62.3 Å². The van der Waals surface area contributed by atoms with E-state index in [1.807, 2.05) is 80.6 Å². The van der Waals surface area contributed by atoms with E-state index < -0.39 is 113 Å². The molecule has 7 rings (SSSR count). The Morgan fingerprint density at radius 1 is 0.622 bits per heavy atom. The third-order valence-corrected chi connectivity index (χ3v) is 14.8. The van der Waals surface area contributed by atoms with Crippen molar-refractivity contribution in [2.45, 2.75) is 135 Å². The summed E-state index contributed by atoms with van der Waals surface area (Å²) in [7, 11) is 0. The summed E-state index contributed by atoms with van der Waals surface area (Å²) < 4.78 is 16.6. The maximum Gasteiger partial charge on any atom is 0.407 e. The second-order valence-corrected chi connectivity index (χ2v) is 23.8. The van der Waals surface area contributed by atoms with E-state index >= 15 is 0 Å². The van der Waals surface area contributed by atoms with Gasteiger partial charge < -0.3 is 62.1 Å². The zero-order chi connectivity index (χ0) is 65.2. The molecule has 24 heteroatoms. The molecule has 6 atom stereocenters. The van der Waals surface area contributed by atoms with Gasteiger partial charge in [-0.1, -0.05) is 125 Å². The number of para-hydroxylation sites is 1. The minimum atomic E-state index is -1.70. The van der Waals surface area contributed by atoms with Crippen LogP contribution in [0.3, 0.4) is 0 Å². The number of benzene rings is 5. The Kier molecular flexibility index (Phi) is 23.3. The molecule has 476 valence electrons. The monoisotopic (exact) mass is 1230 g/mol. The summed E-state index contributed by atoms with van der Waals surface area (Å²) >= 11 is 0. The smallest absolute Gasteiger partial charge is 0.407 e. The molecule has 0 bridgehead atoms. The lowest BCUT2D eigenvalue weighted by Gasteiger charge is -2.29. The van der Waals surface area contributed by atoms with Gasteiger partial charge in [0.25, 0.3) is 5.69 Å². The first kappa shape index (κ1) is 67.4. The Balaban J connectivity index is 1.12. The number of amides is 8. The lowest BCUT2D eigenvalue weighted by molar-refractivity contribution is -0.384. The van der Waals surface area contributed by atoms with Crippen LogP contribution in [0.2, 0.25) is 0 Å². The number of aromatic amines is 1. The Morgan fingerprint density at radius 3 is 1.77 bits per heavy atom. The maximum absolute atomic E-state index is 15.0. The summed E-state index contributed by atoms with van der Waals surface area (Å²) in [6.45, 7) is 12.1. The van der Waals surface area contributed by atoms with Crippen LogP contribution in [0.25, 0.3) is 22.0 Å². The number of aromatic nitrogens is 1. The Morgan fingerprint density at radius 2 is 1.17 bits per heavy atom. The van der Waals surface area contributed by atoms with E-state index in [1.165, 1.54) is 0 Å². The number of hydrogen-bond donors (Lipinski definition) is 9. The standard InChI is InChI=1S/C66H78N10O14/c1-38(2)32-52(71-58(78)51(26-17-31-68-64(84)90-66(5,6)7)70-62(82)57(39(3)4)75-65(85)88-37-49-47-23-13-11-21-45(47)46-22-12-14-24-48(46)49)59(79)73-54(34-41-36-69-50-25-16-15-20-44(41)50)61(81)72-53(33-40-18-9-8-10-19-40)60(80)74-55(35-56(67)77)63(83)89-43-29-27-42(28-30-43)76(86)87/h8-16,18-25,27-30,36,38-39,49,51-55,57,69H,17,26,31-35,37H2,1-7H3,(H2,67,77)(H,68,84)(H,70,82)(H,71,78)(H,72,81)(H,73,79)(H,74,80)(H,75,85)/t51-,52-,53+,54-,55+,57-/m0/s1. The van der Waals surface area contributed by atoms with Crippen molar-refractivity contribution in [1.29, 1.82) is 0 Å². The average molecular weight is 1240 g/mol. The number of fused-ring (bicyclic) bond motifs is 4. The molecule has 5 aromatic carbocycles. The van der Waals surface area contributed by atoms with Gasteiger partial charge in [0.15, 0.2) is 0 Å². The van der Waals surface area contributed by atoms with Crippen LogP contribution in [0.4, 0.5) is 15.3 Å². The number of H-pyrrole nitrogens is 1. The van der Waals surface area contributed by atoms with E-state index in [0.29, 0.717) is 22.0 Å². The first-order chi connectivity index (χ1) is 42.8.